The molecule has 1 aromatic carbocycles. The zero-order valence-electron chi connectivity index (χ0n) is 10.4. The molecule has 0 fully saturated rings. The Morgan fingerprint density at radius 3 is 2.58 bits per heavy atom. The van der Waals surface area contributed by atoms with Crippen LogP contribution >= 0.6 is 15.9 Å². The summed E-state index contributed by atoms with van der Waals surface area (Å²) in [6.07, 6.45) is 1.69. The second-order valence-electron chi connectivity index (χ2n) is 3.83. The normalized spacial score (nSPS) is 10.2. The molecule has 0 saturated carbocycles. The van der Waals surface area contributed by atoms with E-state index in [4.69, 9.17) is 15.2 Å². The van der Waals surface area contributed by atoms with Crippen LogP contribution in [-0.4, -0.2) is 18.2 Å². The maximum Gasteiger partial charge on any atom is 0.218 e. The van der Waals surface area contributed by atoms with Gasteiger partial charge in [0.05, 0.1) is 0 Å². The summed E-state index contributed by atoms with van der Waals surface area (Å²) in [5.41, 5.74) is 6.51. The van der Waals surface area contributed by atoms with Crippen LogP contribution in [0.3, 0.4) is 0 Å². The lowest BCUT2D eigenvalue weighted by Gasteiger charge is -2.10. The molecule has 1 heterocycles. The van der Waals surface area contributed by atoms with Crippen LogP contribution in [-0.2, 0) is 6.54 Å². The third kappa shape index (κ3) is 4.22. The minimum absolute atomic E-state index is 0.390. The van der Waals surface area contributed by atoms with Gasteiger partial charge in [0, 0.05) is 22.8 Å². The van der Waals surface area contributed by atoms with Gasteiger partial charge >= 0.3 is 0 Å². The van der Waals surface area contributed by atoms with Crippen LogP contribution in [0.25, 0.3) is 0 Å². The summed E-state index contributed by atoms with van der Waals surface area (Å²) in [5, 5.41) is 0. The van der Waals surface area contributed by atoms with E-state index < -0.39 is 0 Å². The Hall–Kier alpha value is -1.59. The maximum atomic E-state index is 5.64. The van der Waals surface area contributed by atoms with E-state index in [2.05, 4.69) is 20.9 Å². The van der Waals surface area contributed by atoms with Crippen LogP contribution in [0, 0.1) is 0 Å². The summed E-state index contributed by atoms with van der Waals surface area (Å²) < 4.78 is 12.0. The monoisotopic (exact) mass is 322 g/mol. The van der Waals surface area contributed by atoms with Gasteiger partial charge < -0.3 is 15.2 Å². The van der Waals surface area contributed by atoms with Crippen LogP contribution in [0.2, 0.25) is 0 Å². The molecule has 0 aliphatic rings. The fraction of sp³-hybridized carbons (Fsp3) is 0.214. The van der Waals surface area contributed by atoms with Crippen molar-refractivity contribution < 1.29 is 9.47 Å². The Kier molecular flexibility index (Phi) is 5.18. The summed E-state index contributed by atoms with van der Waals surface area (Å²) in [6, 6.07) is 11.5. The summed E-state index contributed by atoms with van der Waals surface area (Å²) in [6.45, 7) is 1.28. The number of para-hydroxylation sites is 1. The molecule has 0 amide bonds. The number of nitrogens with two attached hydrogens (primary N) is 1. The Labute approximate surface area is 120 Å². The highest BCUT2D eigenvalue weighted by Crippen LogP contribution is 2.19. The van der Waals surface area contributed by atoms with Crippen molar-refractivity contribution in [3.8, 4) is 11.6 Å². The lowest BCUT2D eigenvalue weighted by molar-refractivity contribution is 0.210. The van der Waals surface area contributed by atoms with Crippen molar-refractivity contribution in [1.29, 1.82) is 0 Å². The number of rotatable bonds is 6. The quantitative estimate of drug-likeness (QED) is 0.831. The van der Waals surface area contributed by atoms with E-state index >= 15 is 0 Å². The van der Waals surface area contributed by atoms with Gasteiger partial charge in [-0.1, -0.05) is 18.2 Å². The molecule has 100 valence electrons. The number of ether oxygens (including phenoxy) is 2. The molecule has 0 aliphatic heterocycles. The zero-order valence-corrected chi connectivity index (χ0v) is 12.0. The molecule has 5 heteroatoms. The number of hydrogen-bond acceptors (Lipinski definition) is 4. The number of aromatic nitrogens is 1. The van der Waals surface area contributed by atoms with Crippen molar-refractivity contribution in [2.24, 2.45) is 5.73 Å². The molecule has 0 unspecified atom stereocenters. The number of benzene rings is 1. The third-order valence-corrected chi connectivity index (χ3v) is 2.88. The molecular formula is C14H15BrN2O2. The van der Waals surface area contributed by atoms with E-state index in [1.165, 1.54) is 0 Å². The van der Waals surface area contributed by atoms with E-state index in [0.717, 1.165) is 15.8 Å². The minimum atomic E-state index is 0.390. The smallest absolute Gasteiger partial charge is 0.218 e. The van der Waals surface area contributed by atoms with Gasteiger partial charge in [0.1, 0.15) is 19.0 Å². The molecule has 2 rings (SSSR count). The standard InChI is InChI=1S/C14H15BrN2O2/c15-12-8-11(9-16)14(17-10-12)19-7-6-18-13-4-2-1-3-5-13/h1-5,8,10H,6-7,9,16H2. The van der Waals surface area contributed by atoms with Crippen LogP contribution in [0.15, 0.2) is 47.1 Å². The second kappa shape index (κ2) is 7.11. The molecule has 0 radical (unpaired) electrons. The molecule has 0 spiro atoms. The molecule has 0 bridgehead atoms. The summed E-state index contributed by atoms with van der Waals surface area (Å²) in [4.78, 5) is 4.19. The summed E-state index contributed by atoms with van der Waals surface area (Å²) >= 11 is 3.35. The number of hydrogen-bond donors (Lipinski definition) is 1. The molecule has 1 aromatic heterocycles. The van der Waals surface area contributed by atoms with Gasteiger partial charge in [-0.05, 0) is 34.1 Å². The number of pyridine rings is 1. The average molecular weight is 323 g/mol. The third-order valence-electron chi connectivity index (χ3n) is 2.45. The van der Waals surface area contributed by atoms with Crippen LogP contribution in [0.5, 0.6) is 11.6 Å². The molecule has 2 N–H and O–H groups in total. The van der Waals surface area contributed by atoms with Gasteiger partial charge in [0.25, 0.3) is 0 Å². The van der Waals surface area contributed by atoms with E-state index in [1.807, 2.05) is 36.4 Å². The van der Waals surface area contributed by atoms with Gasteiger partial charge in [0.15, 0.2) is 0 Å². The van der Waals surface area contributed by atoms with Crippen LogP contribution in [0.1, 0.15) is 5.56 Å². The first-order valence-electron chi connectivity index (χ1n) is 5.94. The molecule has 0 atom stereocenters. The van der Waals surface area contributed by atoms with Gasteiger partial charge in [-0.15, -0.1) is 0 Å². The second-order valence-corrected chi connectivity index (χ2v) is 4.75. The Morgan fingerprint density at radius 2 is 1.84 bits per heavy atom. The molecule has 4 nitrogen and oxygen atoms in total. The topological polar surface area (TPSA) is 57.4 Å². The van der Waals surface area contributed by atoms with Crippen molar-refractivity contribution in [2.45, 2.75) is 6.54 Å². The molecule has 0 saturated heterocycles. The summed E-state index contributed by atoms with van der Waals surface area (Å²) in [5.74, 6) is 1.39. The highest BCUT2D eigenvalue weighted by atomic mass is 79.9. The van der Waals surface area contributed by atoms with Crippen molar-refractivity contribution in [1.82, 2.24) is 4.98 Å². The first-order valence-corrected chi connectivity index (χ1v) is 6.74. The molecule has 19 heavy (non-hydrogen) atoms. The van der Waals surface area contributed by atoms with Gasteiger partial charge in [0.2, 0.25) is 5.88 Å². The first-order chi connectivity index (χ1) is 9.29. The number of nitrogens with zero attached hydrogens (tertiary/aromatic N) is 1. The van der Waals surface area contributed by atoms with Crippen molar-refractivity contribution in [2.75, 3.05) is 13.2 Å². The predicted octanol–water partition coefficient (Wildman–Crippen LogP) is 2.76. The van der Waals surface area contributed by atoms with Crippen LogP contribution in [0.4, 0.5) is 0 Å². The maximum absolute atomic E-state index is 5.64. The fourth-order valence-corrected chi connectivity index (χ4v) is 1.94. The largest absolute Gasteiger partial charge is 0.490 e. The Balaban J connectivity index is 1.83. The number of halogens is 1. The van der Waals surface area contributed by atoms with Gasteiger partial charge in [-0.3, -0.25) is 0 Å². The van der Waals surface area contributed by atoms with E-state index in [-0.39, 0.29) is 0 Å². The lowest BCUT2D eigenvalue weighted by Crippen LogP contribution is -2.11. The summed E-state index contributed by atoms with van der Waals surface area (Å²) in [7, 11) is 0. The van der Waals surface area contributed by atoms with Crippen molar-refractivity contribution in [3.05, 3.63) is 52.6 Å². The van der Waals surface area contributed by atoms with Gasteiger partial charge in [-0.2, -0.15) is 0 Å². The SMILES string of the molecule is NCc1cc(Br)cnc1OCCOc1ccccc1. The van der Waals surface area contributed by atoms with Crippen molar-refractivity contribution >= 4 is 15.9 Å². The predicted molar refractivity (Wildman–Crippen MR) is 77.3 cm³/mol. The van der Waals surface area contributed by atoms with E-state index in [0.29, 0.717) is 25.6 Å². The highest BCUT2D eigenvalue weighted by Gasteiger charge is 2.04. The van der Waals surface area contributed by atoms with E-state index in [1.54, 1.807) is 6.20 Å². The molecule has 0 aliphatic carbocycles. The van der Waals surface area contributed by atoms with E-state index in [9.17, 15) is 0 Å². The highest BCUT2D eigenvalue weighted by molar-refractivity contribution is 9.10. The fourth-order valence-electron chi connectivity index (χ4n) is 1.56. The molecular weight excluding hydrogens is 308 g/mol. The Bertz CT molecular complexity index is 520. The zero-order chi connectivity index (χ0) is 13.5. The average Bonchev–Trinajstić information content (AvgIpc) is 2.46. The van der Waals surface area contributed by atoms with Crippen LogP contribution < -0.4 is 15.2 Å². The Morgan fingerprint density at radius 1 is 1.11 bits per heavy atom. The first kappa shape index (κ1) is 13.8. The van der Waals surface area contributed by atoms with Crippen molar-refractivity contribution in [3.63, 3.8) is 0 Å². The van der Waals surface area contributed by atoms with Gasteiger partial charge in [-0.25, -0.2) is 4.98 Å². The molecule has 2 aromatic rings. The lowest BCUT2D eigenvalue weighted by atomic mass is 10.3. The minimum Gasteiger partial charge on any atom is -0.490 e.